The first-order chi connectivity index (χ1) is 22.1. The Balaban J connectivity index is 1.28. The van der Waals surface area contributed by atoms with E-state index in [1.807, 2.05) is 95.8 Å². The standard InChI is InChI=1S/C36H37N5O3S/c1-3-5-7-11-23-44-31-20-16-27(17-21-31)34-37-36-41(39-34)35(42)32(45-36)24-28-25-40(29-12-9-8-10-13-29)38-33(28)26-14-18-30(19-15-26)43-22-6-4-2/h8-10,12-21,24-25H,3-7,11,22-23H2,1-2H3. The van der Waals surface area contributed by atoms with Crippen LogP contribution in [0.25, 0.3) is 39.4 Å². The lowest BCUT2D eigenvalue weighted by atomic mass is 10.1. The fourth-order valence-corrected chi connectivity index (χ4v) is 5.89. The average Bonchev–Trinajstić information content (AvgIpc) is 3.77. The van der Waals surface area contributed by atoms with E-state index in [-0.39, 0.29) is 5.56 Å². The van der Waals surface area contributed by atoms with Crippen LogP contribution < -0.4 is 19.6 Å². The van der Waals surface area contributed by atoms with Gasteiger partial charge in [-0.2, -0.15) is 14.6 Å². The number of hydrogen-bond acceptors (Lipinski definition) is 7. The van der Waals surface area contributed by atoms with E-state index in [0.29, 0.717) is 28.5 Å². The maximum absolute atomic E-state index is 13.5. The van der Waals surface area contributed by atoms with Crippen molar-refractivity contribution >= 4 is 22.4 Å². The van der Waals surface area contributed by atoms with Crippen LogP contribution in [0.15, 0.2) is 89.9 Å². The minimum absolute atomic E-state index is 0.209. The molecule has 0 atom stereocenters. The Morgan fingerprint density at radius 3 is 2.09 bits per heavy atom. The Hall–Kier alpha value is -4.76. The number of hydrogen-bond donors (Lipinski definition) is 0. The summed E-state index contributed by atoms with van der Waals surface area (Å²) < 4.78 is 15.5. The third kappa shape index (κ3) is 7.15. The molecule has 45 heavy (non-hydrogen) atoms. The van der Waals surface area contributed by atoms with Gasteiger partial charge in [0.2, 0.25) is 4.96 Å². The van der Waals surface area contributed by atoms with Crippen molar-refractivity contribution in [3.63, 3.8) is 0 Å². The molecule has 0 fully saturated rings. The van der Waals surface area contributed by atoms with Gasteiger partial charge in [-0.25, -0.2) is 4.68 Å². The van der Waals surface area contributed by atoms with Crippen LogP contribution in [0, 0.1) is 0 Å². The smallest absolute Gasteiger partial charge is 0.291 e. The first kappa shape index (κ1) is 30.3. The predicted octanol–water partition coefficient (Wildman–Crippen LogP) is 7.36. The summed E-state index contributed by atoms with van der Waals surface area (Å²) in [5.74, 6) is 2.16. The molecule has 0 saturated carbocycles. The van der Waals surface area contributed by atoms with E-state index in [1.165, 1.54) is 35.1 Å². The number of para-hydroxylation sites is 1. The minimum atomic E-state index is -0.209. The monoisotopic (exact) mass is 619 g/mol. The number of benzene rings is 3. The number of unbranched alkanes of at least 4 members (excludes halogenated alkanes) is 4. The first-order valence-corrected chi connectivity index (χ1v) is 16.5. The van der Waals surface area contributed by atoms with Crippen molar-refractivity contribution < 1.29 is 9.47 Å². The summed E-state index contributed by atoms with van der Waals surface area (Å²) in [6.45, 7) is 5.75. The van der Waals surface area contributed by atoms with Gasteiger partial charge in [0, 0.05) is 22.9 Å². The zero-order chi connectivity index (χ0) is 31.0. The van der Waals surface area contributed by atoms with Crippen LogP contribution in [0.2, 0.25) is 0 Å². The van der Waals surface area contributed by atoms with Crippen molar-refractivity contribution in [2.45, 2.75) is 52.4 Å². The topological polar surface area (TPSA) is 83.5 Å². The Kier molecular flexibility index (Phi) is 9.65. The molecule has 3 aromatic carbocycles. The number of aromatic nitrogens is 5. The predicted molar refractivity (Wildman–Crippen MR) is 180 cm³/mol. The molecule has 8 nitrogen and oxygen atoms in total. The molecular formula is C36H37N5O3S. The van der Waals surface area contributed by atoms with Gasteiger partial charge in [0.05, 0.1) is 23.4 Å². The summed E-state index contributed by atoms with van der Waals surface area (Å²) in [4.78, 5) is 18.7. The number of thiazole rings is 1. The summed E-state index contributed by atoms with van der Waals surface area (Å²) in [5, 5.41) is 9.47. The molecule has 3 heterocycles. The van der Waals surface area contributed by atoms with Crippen molar-refractivity contribution in [1.82, 2.24) is 24.4 Å². The van der Waals surface area contributed by atoms with Gasteiger partial charge in [-0.05, 0) is 79.6 Å². The van der Waals surface area contributed by atoms with E-state index in [0.717, 1.165) is 58.8 Å². The average molecular weight is 620 g/mol. The second-order valence-corrected chi connectivity index (χ2v) is 11.9. The van der Waals surface area contributed by atoms with E-state index < -0.39 is 0 Å². The molecule has 0 aliphatic heterocycles. The van der Waals surface area contributed by atoms with Gasteiger partial charge >= 0.3 is 0 Å². The van der Waals surface area contributed by atoms with Crippen LogP contribution in [0.1, 0.15) is 57.9 Å². The Bertz CT molecular complexity index is 1940. The van der Waals surface area contributed by atoms with E-state index in [4.69, 9.17) is 14.6 Å². The van der Waals surface area contributed by atoms with Gasteiger partial charge in [-0.1, -0.05) is 69.1 Å². The quantitative estimate of drug-likeness (QED) is 0.119. The van der Waals surface area contributed by atoms with E-state index in [2.05, 4.69) is 23.9 Å². The van der Waals surface area contributed by atoms with Crippen molar-refractivity contribution in [2.24, 2.45) is 0 Å². The maximum atomic E-state index is 13.5. The lowest BCUT2D eigenvalue weighted by molar-refractivity contribution is 0.305. The molecule has 0 N–H and O–H groups in total. The molecule has 0 spiro atoms. The van der Waals surface area contributed by atoms with Gasteiger partial charge in [0.15, 0.2) is 5.82 Å². The third-order valence-electron chi connectivity index (χ3n) is 7.51. The first-order valence-electron chi connectivity index (χ1n) is 15.7. The fraction of sp³-hybridized carbons (Fsp3) is 0.278. The number of fused-ring (bicyclic) bond motifs is 1. The summed E-state index contributed by atoms with van der Waals surface area (Å²) >= 11 is 1.32. The van der Waals surface area contributed by atoms with Crippen LogP contribution >= 0.6 is 11.3 Å². The normalized spacial score (nSPS) is 11.8. The second kappa shape index (κ2) is 14.3. The Labute approximate surface area is 266 Å². The SMILES string of the molecule is CCCCCCOc1ccc(-c2nc3sc(=Cc4cn(-c5ccccc5)nc4-c4ccc(OCCCC)cc4)c(=O)n3n2)cc1. The van der Waals surface area contributed by atoms with Crippen LogP contribution in [0.5, 0.6) is 11.5 Å². The molecule has 0 aliphatic carbocycles. The highest BCUT2D eigenvalue weighted by molar-refractivity contribution is 7.15. The number of ether oxygens (including phenoxy) is 2. The van der Waals surface area contributed by atoms with Crippen LogP contribution in [-0.4, -0.2) is 37.6 Å². The largest absolute Gasteiger partial charge is 0.494 e. The lowest BCUT2D eigenvalue weighted by Crippen LogP contribution is -2.23. The molecule has 6 aromatic rings. The number of nitrogens with zero attached hydrogens (tertiary/aromatic N) is 5. The van der Waals surface area contributed by atoms with Gasteiger partial charge in [-0.15, -0.1) is 5.10 Å². The summed E-state index contributed by atoms with van der Waals surface area (Å²) in [6.07, 6.45) is 10.6. The zero-order valence-electron chi connectivity index (χ0n) is 25.7. The van der Waals surface area contributed by atoms with Crippen LogP contribution in [-0.2, 0) is 0 Å². The Morgan fingerprint density at radius 1 is 0.756 bits per heavy atom. The molecule has 0 saturated heterocycles. The molecular weight excluding hydrogens is 582 g/mol. The molecule has 0 radical (unpaired) electrons. The van der Waals surface area contributed by atoms with Crippen LogP contribution in [0.3, 0.4) is 0 Å². The molecule has 0 unspecified atom stereocenters. The summed E-state index contributed by atoms with van der Waals surface area (Å²) in [5.41, 5.74) is 4.08. The molecule has 0 bridgehead atoms. The van der Waals surface area contributed by atoms with Crippen LogP contribution in [0.4, 0.5) is 0 Å². The van der Waals surface area contributed by atoms with E-state index >= 15 is 0 Å². The molecule has 230 valence electrons. The maximum Gasteiger partial charge on any atom is 0.291 e. The van der Waals surface area contributed by atoms with Gasteiger partial charge < -0.3 is 9.47 Å². The second-order valence-electron chi connectivity index (χ2n) is 10.9. The number of rotatable bonds is 14. The third-order valence-corrected chi connectivity index (χ3v) is 8.46. The Morgan fingerprint density at radius 2 is 1.42 bits per heavy atom. The fourth-order valence-electron chi connectivity index (χ4n) is 4.99. The van der Waals surface area contributed by atoms with E-state index in [9.17, 15) is 4.79 Å². The molecule has 0 amide bonds. The highest BCUT2D eigenvalue weighted by Gasteiger charge is 2.15. The molecule has 6 rings (SSSR count). The lowest BCUT2D eigenvalue weighted by Gasteiger charge is -2.06. The minimum Gasteiger partial charge on any atom is -0.494 e. The highest BCUT2D eigenvalue weighted by Crippen LogP contribution is 2.27. The van der Waals surface area contributed by atoms with Crippen molar-refractivity contribution in [3.05, 3.63) is 106 Å². The van der Waals surface area contributed by atoms with Gasteiger partial charge in [-0.3, -0.25) is 4.79 Å². The van der Waals surface area contributed by atoms with Gasteiger partial charge in [0.25, 0.3) is 5.56 Å². The molecule has 9 heteroatoms. The van der Waals surface area contributed by atoms with Gasteiger partial charge in [0.1, 0.15) is 17.2 Å². The van der Waals surface area contributed by atoms with Crippen molar-refractivity contribution in [3.8, 4) is 39.8 Å². The summed E-state index contributed by atoms with van der Waals surface area (Å²) in [7, 11) is 0. The molecule has 0 aliphatic rings. The molecule has 3 aromatic heterocycles. The highest BCUT2D eigenvalue weighted by atomic mass is 32.1. The van der Waals surface area contributed by atoms with Crippen molar-refractivity contribution in [2.75, 3.05) is 13.2 Å². The van der Waals surface area contributed by atoms with Crippen molar-refractivity contribution in [1.29, 1.82) is 0 Å². The summed E-state index contributed by atoms with van der Waals surface area (Å²) in [6, 6.07) is 25.6. The van der Waals surface area contributed by atoms with E-state index in [1.54, 1.807) is 0 Å². The zero-order valence-corrected chi connectivity index (χ0v) is 26.5.